The van der Waals surface area contributed by atoms with Gasteiger partial charge in [0.15, 0.2) is 0 Å². The summed E-state index contributed by atoms with van der Waals surface area (Å²) in [4.78, 5) is 26.3. The number of nitrogens with one attached hydrogen (secondary N) is 1. The lowest BCUT2D eigenvalue weighted by Crippen LogP contribution is -2.29. The summed E-state index contributed by atoms with van der Waals surface area (Å²) >= 11 is 6.46. The van der Waals surface area contributed by atoms with Crippen molar-refractivity contribution in [3.63, 3.8) is 0 Å². The fraction of sp³-hybridized carbons (Fsp3) is 0.167. The fourth-order valence-electron chi connectivity index (χ4n) is 2.35. The number of thioether (sulfide) groups is 1. The number of nitrogens with zero attached hydrogens (tertiary/aromatic N) is 1. The van der Waals surface area contributed by atoms with Crippen molar-refractivity contribution in [2.75, 3.05) is 11.9 Å². The number of carbonyl (C=O) groups is 2. The van der Waals surface area contributed by atoms with Gasteiger partial charge >= 0.3 is 0 Å². The number of amides is 2. The number of hydrogen-bond acceptors (Lipinski definition) is 5. The summed E-state index contributed by atoms with van der Waals surface area (Å²) in [7, 11) is 0. The number of furan rings is 1. The normalized spacial score (nSPS) is 15.7. The molecule has 2 heterocycles. The van der Waals surface area contributed by atoms with Crippen LogP contribution in [0.1, 0.15) is 18.6 Å². The topological polar surface area (TPSA) is 62.6 Å². The molecule has 1 aromatic carbocycles. The second-order valence-corrected chi connectivity index (χ2v) is 7.18. The molecule has 0 atom stereocenters. The van der Waals surface area contributed by atoms with E-state index in [0.717, 1.165) is 0 Å². The Labute approximate surface area is 159 Å². The van der Waals surface area contributed by atoms with E-state index in [2.05, 4.69) is 5.32 Å². The molecule has 26 heavy (non-hydrogen) atoms. The van der Waals surface area contributed by atoms with E-state index in [1.165, 1.54) is 47.2 Å². The molecule has 2 amide bonds. The standard InChI is InChI=1S/C18H15FN2O3S2/c19-12-5-7-13(8-6-12)20-16(22)4-1-9-21-17(23)15(26-18(21)25)11-14-3-2-10-24-14/h2-3,5-8,10-11H,1,4,9H2,(H,20,22). The van der Waals surface area contributed by atoms with E-state index in [9.17, 15) is 14.0 Å². The van der Waals surface area contributed by atoms with Gasteiger partial charge in [0, 0.05) is 24.7 Å². The van der Waals surface area contributed by atoms with Gasteiger partial charge in [0.05, 0.1) is 11.2 Å². The zero-order valence-corrected chi connectivity index (χ0v) is 15.2. The largest absolute Gasteiger partial charge is 0.465 e. The first-order chi connectivity index (χ1) is 12.5. The number of rotatable bonds is 6. The van der Waals surface area contributed by atoms with Crippen LogP contribution in [0.3, 0.4) is 0 Å². The second-order valence-electron chi connectivity index (χ2n) is 5.51. The van der Waals surface area contributed by atoms with Crippen LogP contribution in [-0.2, 0) is 9.59 Å². The number of hydrogen-bond donors (Lipinski definition) is 1. The SMILES string of the molecule is O=C(CCCN1C(=O)C(=Cc2ccco2)SC1=S)Nc1ccc(F)cc1. The molecule has 1 aliphatic rings. The molecule has 2 aromatic rings. The highest BCUT2D eigenvalue weighted by Crippen LogP contribution is 2.32. The Bertz CT molecular complexity index is 848. The Morgan fingerprint density at radius 3 is 2.77 bits per heavy atom. The minimum absolute atomic E-state index is 0.185. The third-order valence-corrected chi connectivity index (χ3v) is 4.98. The van der Waals surface area contributed by atoms with Crippen LogP contribution in [0.2, 0.25) is 0 Å². The summed E-state index contributed by atoms with van der Waals surface area (Å²) in [5.74, 6) is -0.160. The molecule has 1 aliphatic heterocycles. The summed E-state index contributed by atoms with van der Waals surface area (Å²) in [6.07, 6.45) is 3.88. The van der Waals surface area contributed by atoms with Gasteiger partial charge in [0.2, 0.25) is 5.91 Å². The predicted octanol–water partition coefficient (Wildman–Crippen LogP) is 4.04. The number of thiocarbonyl (C=S) groups is 1. The molecule has 0 bridgehead atoms. The monoisotopic (exact) mass is 390 g/mol. The van der Waals surface area contributed by atoms with Crippen molar-refractivity contribution in [1.29, 1.82) is 0 Å². The third-order valence-electron chi connectivity index (χ3n) is 3.60. The lowest BCUT2D eigenvalue weighted by Gasteiger charge is -2.14. The third kappa shape index (κ3) is 4.59. The van der Waals surface area contributed by atoms with Crippen LogP contribution in [-0.4, -0.2) is 27.6 Å². The van der Waals surface area contributed by atoms with Crippen molar-refractivity contribution >= 4 is 51.9 Å². The number of carbonyl (C=O) groups excluding carboxylic acids is 2. The molecule has 0 unspecified atom stereocenters. The number of benzene rings is 1. The minimum Gasteiger partial charge on any atom is -0.465 e. The molecule has 0 aliphatic carbocycles. The van der Waals surface area contributed by atoms with Gasteiger partial charge in [0.25, 0.3) is 5.91 Å². The van der Waals surface area contributed by atoms with Gasteiger partial charge in [-0.2, -0.15) is 0 Å². The first-order valence-electron chi connectivity index (χ1n) is 7.87. The number of halogens is 1. The fourth-order valence-corrected chi connectivity index (χ4v) is 3.64. The molecule has 1 aromatic heterocycles. The highest BCUT2D eigenvalue weighted by atomic mass is 32.2. The van der Waals surface area contributed by atoms with Crippen LogP contribution in [0.15, 0.2) is 52.0 Å². The quantitative estimate of drug-likeness (QED) is 0.596. The van der Waals surface area contributed by atoms with Gasteiger partial charge in [0.1, 0.15) is 15.9 Å². The maximum Gasteiger partial charge on any atom is 0.266 e. The Kier molecular flexibility index (Phi) is 5.85. The van der Waals surface area contributed by atoms with Crippen molar-refractivity contribution in [3.8, 4) is 0 Å². The maximum atomic E-state index is 12.8. The second kappa shape index (κ2) is 8.29. The van der Waals surface area contributed by atoms with Crippen LogP contribution in [0.4, 0.5) is 10.1 Å². The predicted molar refractivity (Wildman–Crippen MR) is 103 cm³/mol. The Balaban J connectivity index is 1.50. The lowest BCUT2D eigenvalue weighted by atomic mass is 10.2. The van der Waals surface area contributed by atoms with Crippen LogP contribution in [0.25, 0.3) is 6.08 Å². The zero-order valence-electron chi connectivity index (χ0n) is 13.6. The Morgan fingerprint density at radius 1 is 1.31 bits per heavy atom. The van der Waals surface area contributed by atoms with Crippen molar-refractivity contribution in [1.82, 2.24) is 4.90 Å². The van der Waals surface area contributed by atoms with E-state index in [1.54, 1.807) is 18.2 Å². The molecule has 8 heteroatoms. The highest BCUT2D eigenvalue weighted by Gasteiger charge is 2.31. The van der Waals surface area contributed by atoms with Crippen molar-refractivity contribution < 1.29 is 18.4 Å². The molecular formula is C18H15FN2O3S2. The van der Waals surface area contributed by atoms with Crippen molar-refractivity contribution in [2.24, 2.45) is 0 Å². The molecule has 1 fully saturated rings. The van der Waals surface area contributed by atoms with Crippen molar-refractivity contribution in [3.05, 3.63) is 59.1 Å². The van der Waals surface area contributed by atoms with E-state index >= 15 is 0 Å². The van der Waals surface area contributed by atoms with Gasteiger partial charge in [-0.3, -0.25) is 14.5 Å². The minimum atomic E-state index is -0.361. The molecule has 0 spiro atoms. The molecule has 134 valence electrons. The van der Waals surface area contributed by atoms with Crippen LogP contribution < -0.4 is 5.32 Å². The summed E-state index contributed by atoms with van der Waals surface area (Å²) < 4.78 is 18.5. The van der Waals surface area contributed by atoms with E-state index in [1.807, 2.05) is 0 Å². The molecule has 1 N–H and O–H groups in total. The van der Waals surface area contributed by atoms with E-state index in [0.29, 0.717) is 33.6 Å². The van der Waals surface area contributed by atoms with Gasteiger partial charge < -0.3 is 9.73 Å². The molecule has 0 saturated carbocycles. The van der Waals surface area contributed by atoms with Crippen LogP contribution in [0.5, 0.6) is 0 Å². The highest BCUT2D eigenvalue weighted by molar-refractivity contribution is 8.26. The molecular weight excluding hydrogens is 375 g/mol. The van der Waals surface area contributed by atoms with Gasteiger partial charge in [-0.1, -0.05) is 24.0 Å². The van der Waals surface area contributed by atoms with E-state index in [-0.39, 0.29) is 24.1 Å². The van der Waals surface area contributed by atoms with Crippen LogP contribution in [0, 0.1) is 5.82 Å². The average molecular weight is 390 g/mol. The first-order valence-corrected chi connectivity index (χ1v) is 9.10. The molecule has 5 nitrogen and oxygen atoms in total. The van der Waals surface area contributed by atoms with Gasteiger partial charge in [-0.05, 0) is 42.8 Å². The van der Waals surface area contributed by atoms with Gasteiger partial charge in [-0.15, -0.1) is 0 Å². The Morgan fingerprint density at radius 2 is 2.08 bits per heavy atom. The molecule has 0 radical (unpaired) electrons. The summed E-state index contributed by atoms with van der Waals surface area (Å²) in [5, 5.41) is 2.68. The number of anilines is 1. The average Bonchev–Trinajstić information content (AvgIpc) is 3.21. The van der Waals surface area contributed by atoms with Gasteiger partial charge in [-0.25, -0.2) is 4.39 Å². The summed E-state index contributed by atoms with van der Waals surface area (Å²) in [5.41, 5.74) is 0.531. The summed E-state index contributed by atoms with van der Waals surface area (Å²) in [6, 6.07) is 9.05. The van der Waals surface area contributed by atoms with E-state index < -0.39 is 0 Å². The molecule has 3 rings (SSSR count). The lowest BCUT2D eigenvalue weighted by molar-refractivity contribution is -0.122. The van der Waals surface area contributed by atoms with Crippen LogP contribution >= 0.6 is 24.0 Å². The molecule has 1 saturated heterocycles. The Hall–Kier alpha value is -2.45. The summed E-state index contributed by atoms with van der Waals surface area (Å²) in [6.45, 7) is 0.358. The van der Waals surface area contributed by atoms with Crippen molar-refractivity contribution in [2.45, 2.75) is 12.8 Å². The van der Waals surface area contributed by atoms with E-state index in [4.69, 9.17) is 16.6 Å². The smallest absolute Gasteiger partial charge is 0.266 e. The maximum absolute atomic E-state index is 12.8. The zero-order chi connectivity index (χ0) is 18.5. The first kappa shape index (κ1) is 18.3.